The van der Waals surface area contributed by atoms with E-state index in [1.54, 1.807) is 24.0 Å². The fourth-order valence-electron chi connectivity index (χ4n) is 4.38. The van der Waals surface area contributed by atoms with Crippen molar-refractivity contribution in [3.8, 4) is 11.3 Å². The highest BCUT2D eigenvalue weighted by Gasteiger charge is 2.42. The Kier molecular flexibility index (Phi) is 6.22. The monoisotopic (exact) mass is 521 g/mol. The summed E-state index contributed by atoms with van der Waals surface area (Å²) in [6.45, 7) is 10.1. The molecule has 5 rings (SSSR count). The molecule has 0 spiro atoms. The number of nitrogens with one attached hydrogen (secondary N) is 3. The molecule has 0 bridgehead atoms. The maximum absolute atomic E-state index is 13.4. The number of urea groups is 1. The predicted octanol–water partition coefficient (Wildman–Crippen LogP) is 4.17. The molecule has 4 aromatic heterocycles. The minimum Gasteiger partial charge on any atom is -0.357 e. The van der Waals surface area contributed by atoms with Gasteiger partial charge in [-0.05, 0) is 58.6 Å². The number of carbonyl (C=O) groups excluding carboxylic acids is 1. The minimum atomic E-state index is -0.336. The molecule has 0 aliphatic heterocycles. The number of hydrogen-bond donors (Lipinski definition) is 3. The Labute approximate surface area is 218 Å². The Morgan fingerprint density at radius 2 is 2.03 bits per heavy atom. The molecule has 11 nitrogen and oxygen atoms in total. The molecular weight excluding hydrogens is 490 g/mol. The number of amides is 2. The summed E-state index contributed by atoms with van der Waals surface area (Å²) >= 11 is 1.33. The van der Waals surface area contributed by atoms with Gasteiger partial charge in [0.1, 0.15) is 11.3 Å². The summed E-state index contributed by atoms with van der Waals surface area (Å²) in [5.74, 6) is 0.388. The van der Waals surface area contributed by atoms with Gasteiger partial charge in [0.25, 0.3) is 5.56 Å². The van der Waals surface area contributed by atoms with Gasteiger partial charge >= 0.3 is 6.03 Å². The Hall–Kier alpha value is -3.80. The van der Waals surface area contributed by atoms with Crippen LogP contribution in [0.25, 0.3) is 22.3 Å². The van der Waals surface area contributed by atoms with Crippen LogP contribution in [0.3, 0.4) is 0 Å². The third-order valence-electron chi connectivity index (χ3n) is 6.40. The first kappa shape index (κ1) is 24.9. The molecule has 0 saturated heterocycles. The lowest BCUT2D eigenvalue weighted by Gasteiger charge is -2.18. The van der Waals surface area contributed by atoms with E-state index < -0.39 is 0 Å². The lowest BCUT2D eigenvalue weighted by Crippen LogP contribution is -2.32. The summed E-state index contributed by atoms with van der Waals surface area (Å²) < 4.78 is 7.70. The molecule has 1 aliphatic rings. The molecule has 0 radical (unpaired) electrons. The largest absolute Gasteiger partial charge is 0.357 e. The summed E-state index contributed by atoms with van der Waals surface area (Å²) in [5.41, 5.74) is 3.05. The van der Waals surface area contributed by atoms with E-state index in [0.29, 0.717) is 35.0 Å². The maximum atomic E-state index is 13.4. The average Bonchev–Trinajstić information content (AvgIpc) is 3.20. The van der Waals surface area contributed by atoms with Crippen molar-refractivity contribution >= 4 is 40.2 Å². The summed E-state index contributed by atoms with van der Waals surface area (Å²) in [7, 11) is 1.74. The standard InChI is InChI=1S/C25H31N9O2S/c1-13(2)34-21-14(9-27-23(26-6)31-21)7-17(22(34)35)16-8-18(16)29-24(36)30-19-11-33(25(3,4)5)32-20(19)15-10-28-37-12-15/h7,9-13,16,18H,8H2,1-6H3,(H,26,27,31)(H2,29,30,36). The zero-order valence-electron chi connectivity index (χ0n) is 21.7. The molecule has 2 amide bonds. The third kappa shape index (κ3) is 4.80. The van der Waals surface area contributed by atoms with Crippen molar-refractivity contribution in [2.75, 3.05) is 17.7 Å². The first-order valence-electron chi connectivity index (χ1n) is 12.2. The van der Waals surface area contributed by atoms with Crippen molar-refractivity contribution in [2.24, 2.45) is 0 Å². The normalized spacial score (nSPS) is 17.3. The molecule has 12 heteroatoms. The van der Waals surface area contributed by atoms with Crippen LogP contribution in [-0.2, 0) is 5.54 Å². The van der Waals surface area contributed by atoms with Crippen molar-refractivity contribution in [1.29, 1.82) is 0 Å². The van der Waals surface area contributed by atoms with Gasteiger partial charge < -0.3 is 16.0 Å². The highest BCUT2D eigenvalue weighted by Crippen LogP contribution is 2.40. The number of hydrogen-bond acceptors (Lipinski definition) is 8. The van der Waals surface area contributed by atoms with Crippen LogP contribution in [0.2, 0.25) is 0 Å². The van der Waals surface area contributed by atoms with Crippen LogP contribution < -0.4 is 21.5 Å². The first-order valence-corrected chi connectivity index (χ1v) is 13.1. The van der Waals surface area contributed by atoms with Gasteiger partial charge in [0.05, 0.1) is 17.4 Å². The second kappa shape index (κ2) is 9.25. The van der Waals surface area contributed by atoms with E-state index in [2.05, 4.69) is 30.3 Å². The van der Waals surface area contributed by atoms with Crippen LogP contribution in [0.15, 0.2) is 34.8 Å². The summed E-state index contributed by atoms with van der Waals surface area (Å²) in [5, 5.41) is 16.3. The first-order chi connectivity index (χ1) is 17.6. The van der Waals surface area contributed by atoms with E-state index >= 15 is 0 Å². The molecule has 2 atom stereocenters. The summed E-state index contributed by atoms with van der Waals surface area (Å²) in [4.78, 5) is 35.2. The van der Waals surface area contributed by atoms with Gasteiger partial charge in [0, 0.05) is 59.3 Å². The number of aromatic nitrogens is 6. The molecule has 1 fully saturated rings. The maximum Gasteiger partial charge on any atom is 0.319 e. The van der Waals surface area contributed by atoms with Crippen LogP contribution in [0.4, 0.5) is 16.4 Å². The van der Waals surface area contributed by atoms with Crippen molar-refractivity contribution in [3.05, 3.63) is 46.0 Å². The fraction of sp³-hybridized carbons (Fsp3) is 0.440. The zero-order chi connectivity index (χ0) is 26.5. The predicted molar refractivity (Wildman–Crippen MR) is 145 cm³/mol. The van der Waals surface area contributed by atoms with Crippen molar-refractivity contribution < 1.29 is 4.79 Å². The lowest BCUT2D eigenvalue weighted by molar-refractivity contribution is 0.251. The van der Waals surface area contributed by atoms with E-state index in [-0.39, 0.29) is 35.1 Å². The van der Waals surface area contributed by atoms with E-state index in [1.807, 2.05) is 56.9 Å². The SMILES string of the molecule is CNc1ncc2cc(C3CC3NC(=O)Nc3cn(C(C)(C)C)nc3-c3cnsc3)c(=O)n(C(C)C)c2n1. The Morgan fingerprint density at radius 1 is 1.24 bits per heavy atom. The zero-order valence-corrected chi connectivity index (χ0v) is 22.6. The minimum absolute atomic E-state index is 0.0746. The highest BCUT2D eigenvalue weighted by molar-refractivity contribution is 7.03. The summed E-state index contributed by atoms with van der Waals surface area (Å²) in [6, 6.07) is 1.30. The van der Waals surface area contributed by atoms with Gasteiger partial charge in [0.15, 0.2) is 0 Å². The van der Waals surface area contributed by atoms with Crippen LogP contribution in [-0.4, -0.2) is 47.8 Å². The molecule has 37 heavy (non-hydrogen) atoms. The second-order valence-electron chi connectivity index (χ2n) is 10.6. The van der Waals surface area contributed by atoms with Gasteiger partial charge in [-0.15, -0.1) is 0 Å². The highest BCUT2D eigenvalue weighted by atomic mass is 32.1. The topological polar surface area (TPSA) is 132 Å². The fourth-order valence-corrected chi connectivity index (χ4v) is 4.90. The second-order valence-corrected chi connectivity index (χ2v) is 11.2. The third-order valence-corrected chi connectivity index (χ3v) is 6.99. The van der Waals surface area contributed by atoms with Crippen LogP contribution in [0.5, 0.6) is 0 Å². The molecule has 194 valence electrons. The number of anilines is 2. The van der Waals surface area contributed by atoms with Crippen molar-refractivity contribution in [1.82, 2.24) is 34.0 Å². The van der Waals surface area contributed by atoms with E-state index in [4.69, 9.17) is 5.10 Å². The molecular formula is C25H31N9O2S. The Morgan fingerprint density at radius 3 is 2.68 bits per heavy atom. The van der Waals surface area contributed by atoms with Crippen molar-refractivity contribution in [2.45, 2.75) is 64.6 Å². The van der Waals surface area contributed by atoms with Gasteiger partial charge in [-0.1, -0.05) is 0 Å². The molecule has 1 aliphatic carbocycles. The van der Waals surface area contributed by atoms with Gasteiger partial charge in [-0.3, -0.25) is 14.0 Å². The smallest absolute Gasteiger partial charge is 0.319 e. The molecule has 4 aromatic rings. The molecule has 2 unspecified atom stereocenters. The number of nitrogens with zero attached hydrogens (tertiary/aromatic N) is 6. The molecule has 3 N–H and O–H groups in total. The van der Waals surface area contributed by atoms with E-state index in [9.17, 15) is 9.59 Å². The number of carbonyl (C=O) groups is 1. The van der Waals surface area contributed by atoms with Gasteiger partial charge in [-0.25, -0.2) is 14.2 Å². The summed E-state index contributed by atoms with van der Waals surface area (Å²) in [6.07, 6.45) is 5.98. The molecule has 4 heterocycles. The Balaban J connectivity index is 1.37. The van der Waals surface area contributed by atoms with Crippen LogP contribution in [0, 0.1) is 0 Å². The van der Waals surface area contributed by atoms with Crippen LogP contribution in [0.1, 0.15) is 58.6 Å². The molecule has 1 saturated carbocycles. The van der Waals surface area contributed by atoms with Crippen molar-refractivity contribution in [3.63, 3.8) is 0 Å². The van der Waals surface area contributed by atoms with E-state index in [0.717, 1.165) is 10.9 Å². The number of rotatable bonds is 6. The quantitative estimate of drug-likeness (QED) is 0.347. The van der Waals surface area contributed by atoms with Crippen LogP contribution >= 0.6 is 11.5 Å². The van der Waals surface area contributed by atoms with Gasteiger partial charge in [-0.2, -0.15) is 10.1 Å². The molecule has 0 aromatic carbocycles. The van der Waals surface area contributed by atoms with E-state index in [1.165, 1.54) is 11.5 Å². The average molecular weight is 522 g/mol. The number of pyridine rings is 1. The lowest BCUT2D eigenvalue weighted by atomic mass is 10.1. The van der Waals surface area contributed by atoms with Gasteiger partial charge in [0.2, 0.25) is 5.95 Å². The Bertz CT molecular complexity index is 1520. The number of fused-ring (bicyclic) bond motifs is 1.